The monoisotopic (exact) mass is 954 g/mol. The van der Waals surface area contributed by atoms with Crippen LogP contribution < -0.4 is 20.4 Å². The molecule has 4 rings (SSSR count). The van der Waals surface area contributed by atoms with E-state index in [0.29, 0.717) is 0 Å². The van der Waals surface area contributed by atoms with Gasteiger partial charge >= 0.3 is 34.1 Å². The third-order valence-electron chi connectivity index (χ3n) is 6.75. The Hall–Kier alpha value is -5.68. The average molecular weight is 955 g/mol. The van der Waals surface area contributed by atoms with Crippen molar-refractivity contribution >= 4 is 23.9 Å². The van der Waals surface area contributed by atoms with Crippen LogP contribution in [0.25, 0.3) is 0 Å². The van der Waals surface area contributed by atoms with E-state index in [4.69, 9.17) is 0 Å². The predicted molar refractivity (Wildman–Crippen MR) is 215 cm³/mol. The van der Waals surface area contributed by atoms with E-state index >= 15 is 0 Å². The van der Waals surface area contributed by atoms with Crippen LogP contribution in [0.4, 0.5) is 0 Å². The molecule has 342 valence electrons. The summed E-state index contributed by atoms with van der Waals surface area (Å²) >= 11 is 0. The first kappa shape index (κ1) is 73.8. The van der Waals surface area contributed by atoms with Crippen LogP contribution in [-0.2, 0) is 90.4 Å². The summed E-state index contributed by atoms with van der Waals surface area (Å²) < 4.78 is 0. The molecule has 0 atom stereocenters. The van der Waals surface area contributed by atoms with E-state index in [1.807, 2.05) is 73.3 Å². The molecule has 0 aromatic carbocycles. The van der Waals surface area contributed by atoms with Crippen LogP contribution in [0.3, 0.4) is 0 Å². The van der Waals surface area contributed by atoms with Gasteiger partial charge in [-0.3, -0.25) is 29.7 Å². The van der Waals surface area contributed by atoms with Gasteiger partial charge < -0.3 is 72.5 Å². The van der Waals surface area contributed by atoms with Gasteiger partial charge in [0, 0.05) is 62.0 Å². The summed E-state index contributed by atoms with van der Waals surface area (Å²) in [4.78, 5) is 59.7. The molecular weight excluding hydrogens is 898 g/mol. The number of rotatable bonds is 8. The number of aromatic nitrogens is 4. The average Bonchev–Trinajstić information content (AvgIpc) is 3.11. The van der Waals surface area contributed by atoms with E-state index in [-0.39, 0.29) is 78.1 Å². The van der Waals surface area contributed by atoms with Crippen molar-refractivity contribution in [3.05, 3.63) is 120 Å². The molecule has 4 aromatic heterocycles. The van der Waals surface area contributed by atoms with Crippen molar-refractivity contribution in [2.75, 3.05) is 0 Å². The number of carbonyl (C=O) groups excluding carboxylic acids is 4. The molecule has 62 heavy (non-hydrogen) atoms. The third kappa shape index (κ3) is 37.3. The molecule has 22 heteroatoms. The quantitative estimate of drug-likeness (QED) is 0.0903. The minimum atomic E-state index is -1.73. The molecule has 0 spiro atoms. The molecule has 4 heterocycles. The van der Waals surface area contributed by atoms with Crippen molar-refractivity contribution in [2.24, 2.45) is 0 Å². The first-order valence-electron chi connectivity index (χ1n) is 16.3. The minimum absolute atomic E-state index is 0. The topological polar surface area (TPSA) is 411 Å². The van der Waals surface area contributed by atoms with Crippen LogP contribution in [0.5, 0.6) is 0 Å². The van der Waals surface area contributed by atoms with Crippen molar-refractivity contribution in [2.45, 2.75) is 78.8 Å². The van der Waals surface area contributed by atoms with E-state index in [1.165, 1.54) is 23.7 Å². The zero-order valence-electron chi connectivity index (χ0n) is 34.9. The maximum atomic E-state index is 9.33. The summed E-state index contributed by atoms with van der Waals surface area (Å²) in [7, 11) is 0. The first-order valence-corrected chi connectivity index (χ1v) is 16.3. The van der Waals surface area contributed by atoms with Gasteiger partial charge in [-0.2, -0.15) is 0 Å². The van der Waals surface area contributed by atoms with Crippen molar-refractivity contribution < 1.29 is 107 Å². The molecule has 0 aliphatic rings. The Morgan fingerprint density at radius 2 is 0.613 bits per heavy atom. The number of carboxylic acids is 4. The summed E-state index contributed by atoms with van der Waals surface area (Å²) in [5.74, 6) is -1.96. The molecular formula is C40H56Mn2N6O14+2. The van der Waals surface area contributed by atoms with Crippen molar-refractivity contribution in [1.82, 2.24) is 29.7 Å². The molecule has 0 fully saturated rings. The van der Waals surface area contributed by atoms with Gasteiger partial charge in [0.25, 0.3) is 0 Å². The summed E-state index contributed by atoms with van der Waals surface area (Å²) in [5.41, 5.74) is 4.52. The fourth-order valence-electron chi connectivity index (χ4n) is 4.01. The Kier molecular flexibility index (Phi) is 47.0. The number of pyridine rings is 4. The van der Waals surface area contributed by atoms with E-state index < -0.39 is 23.9 Å². The van der Waals surface area contributed by atoms with Gasteiger partial charge in [-0.25, -0.2) is 0 Å². The number of carbonyl (C=O) groups is 4. The molecule has 0 amide bonds. The van der Waals surface area contributed by atoms with Crippen LogP contribution in [0.2, 0.25) is 0 Å². The third-order valence-corrected chi connectivity index (χ3v) is 6.75. The molecule has 0 unspecified atom stereocenters. The summed E-state index contributed by atoms with van der Waals surface area (Å²) in [6.45, 7) is 16.7. The van der Waals surface area contributed by atoms with Crippen LogP contribution in [0, 0.1) is 23.7 Å². The maximum Gasteiger partial charge on any atom is 2.00 e. The molecule has 20 nitrogen and oxygen atoms in total. The Labute approximate surface area is 381 Å². The first-order chi connectivity index (χ1) is 25.4. The van der Waals surface area contributed by atoms with Gasteiger partial charge in [0.2, 0.25) is 0 Å². The zero-order chi connectivity index (χ0) is 40.6. The summed E-state index contributed by atoms with van der Waals surface area (Å²) in [6, 6.07) is 24.2. The van der Waals surface area contributed by atoms with E-state index in [1.54, 1.807) is 0 Å². The van der Waals surface area contributed by atoms with Crippen LogP contribution >= 0.6 is 0 Å². The van der Waals surface area contributed by atoms with Gasteiger partial charge in [-0.1, -0.05) is 24.3 Å². The Morgan fingerprint density at radius 1 is 0.435 bits per heavy atom. The summed E-state index contributed by atoms with van der Waals surface area (Å²) in [5, 5.41) is 37.3. The van der Waals surface area contributed by atoms with Gasteiger partial charge in [-0.15, -0.1) is 0 Å². The molecule has 0 saturated carbocycles. The number of aliphatic carboxylic acids is 4. The molecule has 0 bridgehead atoms. The number of carboxylic acid groups (broad SMARTS) is 4. The molecule has 0 aliphatic heterocycles. The largest absolute Gasteiger partial charge is 2.00 e. The predicted octanol–water partition coefficient (Wildman–Crippen LogP) is -5.61. The maximum absolute atomic E-state index is 9.33. The second kappa shape index (κ2) is 39.5. The van der Waals surface area contributed by atoms with Crippen molar-refractivity contribution in [3.63, 3.8) is 0 Å². The molecule has 2 radical (unpaired) electrons. The zero-order valence-corrected chi connectivity index (χ0v) is 37.3. The van der Waals surface area contributed by atoms with E-state index in [2.05, 4.69) is 95.5 Å². The smallest absolute Gasteiger partial charge is 0.537 e. The number of nitrogens with zero attached hydrogens (tertiary/aromatic N) is 6. The Bertz CT molecular complexity index is 1630. The van der Waals surface area contributed by atoms with Crippen LogP contribution in [-0.4, -0.2) is 86.6 Å². The van der Waals surface area contributed by atoms with E-state index in [0.717, 1.165) is 49.0 Å². The van der Waals surface area contributed by atoms with Crippen molar-refractivity contribution in [1.29, 1.82) is 0 Å². The Morgan fingerprint density at radius 3 is 0.726 bits per heavy atom. The SMILES string of the molecule is CC(C)(C)N(Cc1ccccn1)Cc1ccccn1.CC(C)(C)N(Cc1ccccn1)Cc1ccccn1.O.O.O.O.O=C([O-])C#CC(=O)[O-].O=C([O-])C#CC(=O)[O-].[Mn+2].[Mn+2].[OH3+].[OH3+]. The second-order valence-electron chi connectivity index (χ2n) is 13.0. The number of hydrogen-bond donors (Lipinski definition) is 0. The van der Waals surface area contributed by atoms with Gasteiger partial charge in [0.05, 0.1) is 22.8 Å². The van der Waals surface area contributed by atoms with Crippen molar-refractivity contribution in [3.8, 4) is 23.7 Å². The molecule has 0 saturated heterocycles. The van der Waals surface area contributed by atoms with Gasteiger partial charge in [-0.05, 0) is 114 Å². The molecule has 4 aromatic rings. The van der Waals surface area contributed by atoms with Gasteiger partial charge in [0.15, 0.2) is 0 Å². The van der Waals surface area contributed by atoms with E-state index in [9.17, 15) is 39.6 Å². The fourth-order valence-corrected chi connectivity index (χ4v) is 4.01. The van der Waals surface area contributed by atoms with Crippen LogP contribution in [0.15, 0.2) is 97.6 Å². The number of hydrogen-bond acceptors (Lipinski definition) is 14. The minimum Gasteiger partial charge on any atom is -0.537 e. The van der Waals surface area contributed by atoms with Crippen LogP contribution in [0.1, 0.15) is 64.3 Å². The summed E-state index contributed by atoms with van der Waals surface area (Å²) in [6.07, 6.45) is 7.38. The molecule has 0 aliphatic carbocycles. The standard InChI is InChI=1S/2C16H21N3.2C4H2O4.2Mn.6H2O/c2*1-16(2,3)19(12-14-8-4-6-10-17-14)13-15-9-5-7-11-18-15;2*5-3(6)1-2-4(7)8;;;;;;;;/h2*4-11H,12-13H2,1-3H3;2*(H,5,6)(H,7,8);;;6*1H2/q;;;;2*+2;;;;;;/p-2. The second-order valence-corrected chi connectivity index (χ2v) is 13.0. The normalized spacial score (nSPS) is 8.90. The fraction of sp³-hybridized carbons (Fsp3) is 0.300. The Balaban J connectivity index is -0.000000107. The van der Waals surface area contributed by atoms with Gasteiger partial charge in [0.1, 0.15) is 23.9 Å². The molecule has 14 N–H and O–H groups in total.